The number of carboxylic acids is 1. The molecule has 0 aromatic rings. The van der Waals surface area contributed by atoms with Crippen molar-refractivity contribution < 1.29 is 74.5 Å². The van der Waals surface area contributed by atoms with Crippen LogP contribution in [0.15, 0.2) is 11.6 Å². The SMILES string of the molecule is CC1(C)CC[C@]2(C(=O)O[C@H]3O[C@@H](CO)[C@H](O)[C@@H](O)[C@@H]3O)CC[C@]3(C)C(=CC[C@@H]4[C@@]5(C)C[C@@H](O)[C@H](O[C@@H]6O[C@H](C(=O)O)[C@H](O)[C@H](O)[C@@H]6O)C(C)(C)[C@@H]5CC[C@]43C)[C@@H]2C1. The number of ether oxygens (including phenoxy) is 4. The number of esters is 1. The number of carboxylic acid groups (broad SMARTS) is 1. The molecule has 2 aliphatic heterocycles. The van der Waals surface area contributed by atoms with Gasteiger partial charge in [-0.1, -0.05) is 60.1 Å². The summed E-state index contributed by atoms with van der Waals surface area (Å²) in [5.74, 6) is -2.03. The first-order chi connectivity index (χ1) is 26.4. The maximum absolute atomic E-state index is 14.6. The first-order valence-corrected chi connectivity index (χ1v) is 20.9. The number of aliphatic carboxylic acids is 1. The number of hydrogen-bond donors (Lipinski definition) is 9. The predicted molar refractivity (Wildman–Crippen MR) is 199 cm³/mol. The van der Waals surface area contributed by atoms with Crippen molar-refractivity contribution in [2.75, 3.05) is 6.61 Å². The summed E-state index contributed by atoms with van der Waals surface area (Å²) in [6.07, 6.45) is -10.0. The van der Waals surface area contributed by atoms with Gasteiger partial charge < -0.3 is 64.9 Å². The van der Waals surface area contributed by atoms with Gasteiger partial charge in [0.15, 0.2) is 12.4 Å². The summed E-state index contributed by atoms with van der Waals surface area (Å²) in [7, 11) is 0. The molecule has 0 unspecified atom stereocenters. The summed E-state index contributed by atoms with van der Waals surface area (Å²) >= 11 is 0. The molecule has 7 aliphatic rings. The number of aliphatic hydroxyl groups is 8. The van der Waals surface area contributed by atoms with E-state index in [0.29, 0.717) is 32.1 Å². The maximum atomic E-state index is 14.6. The highest BCUT2D eigenvalue weighted by atomic mass is 16.7. The third kappa shape index (κ3) is 6.39. The van der Waals surface area contributed by atoms with Crippen LogP contribution in [0.25, 0.3) is 0 Å². The first-order valence-electron chi connectivity index (χ1n) is 20.9. The van der Waals surface area contributed by atoms with E-state index in [9.17, 15) is 55.5 Å². The molecule has 0 amide bonds. The van der Waals surface area contributed by atoms with Crippen molar-refractivity contribution in [3.63, 3.8) is 0 Å². The molecule has 15 nitrogen and oxygen atoms in total. The van der Waals surface area contributed by atoms with E-state index in [0.717, 1.165) is 25.7 Å². The van der Waals surface area contributed by atoms with Crippen molar-refractivity contribution in [3.05, 3.63) is 11.6 Å². The number of carbonyl (C=O) groups is 2. The summed E-state index contributed by atoms with van der Waals surface area (Å²) in [5, 5.41) is 94.4. The van der Waals surface area contributed by atoms with Crippen LogP contribution >= 0.6 is 0 Å². The van der Waals surface area contributed by atoms with Gasteiger partial charge in [0.1, 0.15) is 42.7 Å². The molecule has 2 heterocycles. The van der Waals surface area contributed by atoms with E-state index in [4.69, 9.17) is 18.9 Å². The minimum absolute atomic E-state index is 0.0337. The van der Waals surface area contributed by atoms with Crippen molar-refractivity contribution in [1.82, 2.24) is 0 Å². The Kier molecular flexibility index (Phi) is 11.0. The molecule has 2 saturated heterocycles. The second-order valence-electron chi connectivity index (χ2n) is 20.9. The average molecular weight is 811 g/mol. The van der Waals surface area contributed by atoms with Crippen molar-refractivity contribution in [3.8, 4) is 0 Å². The van der Waals surface area contributed by atoms with E-state index < -0.39 is 103 Å². The largest absolute Gasteiger partial charge is 0.479 e. The highest BCUT2D eigenvalue weighted by molar-refractivity contribution is 5.79. The number of allylic oxidation sites excluding steroid dienone is 2. The lowest BCUT2D eigenvalue weighted by Gasteiger charge is -2.71. The van der Waals surface area contributed by atoms with Gasteiger partial charge in [-0.25, -0.2) is 4.79 Å². The average Bonchev–Trinajstić information content (AvgIpc) is 3.13. The molecule has 0 bridgehead atoms. The molecule has 57 heavy (non-hydrogen) atoms. The molecule has 0 radical (unpaired) electrons. The Bertz CT molecular complexity index is 1600. The Labute approximate surface area is 334 Å². The van der Waals surface area contributed by atoms with Crippen molar-refractivity contribution in [2.24, 2.45) is 50.2 Å². The van der Waals surface area contributed by atoms with E-state index in [2.05, 4.69) is 40.7 Å². The fourth-order valence-corrected chi connectivity index (χ4v) is 13.7. The number of aliphatic hydroxyl groups excluding tert-OH is 8. The molecule has 7 rings (SSSR count). The summed E-state index contributed by atoms with van der Waals surface area (Å²) in [6, 6.07) is 0. The normalized spacial score (nSPS) is 52.9. The summed E-state index contributed by atoms with van der Waals surface area (Å²) in [4.78, 5) is 26.4. The van der Waals surface area contributed by atoms with Crippen LogP contribution < -0.4 is 0 Å². The van der Waals surface area contributed by atoms with Gasteiger partial charge in [0.25, 0.3) is 0 Å². The standard InChI is InChI=1S/C42H66O15/c1-37(2)12-14-42(36(53)57-34-29(49)26(46)25(45)22(18-43)54-34)15-13-40(6)19(20(42)16-37)8-9-24-39(5)17-21(44)32(38(3,4)23(39)10-11-41(24,40)7)56-35-30(50)27(47)28(48)31(55-35)33(51)52/h8,20-32,34-35,43-50H,9-18H2,1-7H3,(H,51,52)/t20-,21+,22-,23-,24+,25-,26+,27-,28+,29-,30-,31-,32-,34+,35-,39-,40+,41+,42-/m0/s1. The van der Waals surface area contributed by atoms with Crippen molar-refractivity contribution in [1.29, 1.82) is 0 Å². The third-order valence-electron chi connectivity index (χ3n) is 17.1. The summed E-state index contributed by atoms with van der Waals surface area (Å²) in [6.45, 7) is 14.8. The quantitative estimate of drug-likeness (QED) is 0.104. The van der Waals surface area contributed by atoms with Gasteiger partial charge in [-0.05, 0) is 103 Å². The molecule has 4 saturated carbocycles. The minimum Gasteiger partial charge on any atom is -0.479 e. The molecule has 324 valence electrons. The smallest absolute Gasteiger partial charge is 0.335 e. The fourth-order valence-electron chi connectivity index (χ4n) is 13.7. The number of hydrogen-bond acceptors (Lipinski definition) is 14. The van der Waals surface area contributed by atoms with Crippen LogP contribution in [0.2, 0.25) is 0 Å². The predicted octanol–water partition coefficient (Wildman–Crippen LogP) is 1.38. The Morgan fingerprint density at radius 1 is 0.754 bits per heavy atom. The number of carbonyl (C=O) groups excluding carboxylic acids is 1. The van der Waals surface area contributed by atoms with Crippen molar-refractivity contribution >= 4 is 11.9 Å². The van der Waals surface area contributed by atoms with Gasteiger partial charge in [0.2, 0.25) is 6.29 Å². The molecule has 6 fully saturated rings. The first kappa shape index (κ1) is 43.3. The minimum atomic E-state index is -1.86. The second kappa shape index (κ2) is 14.4. The zero-order chi connectivity index (χ0) is 42.0. The molecule has 0 aromatic carbocycles. The van der Waals surface area contributed by atoms with Gasteiger partial charge in [0, 0.05) is 0 Å². The Morgan fingerprint density at radius 2 is 1.39 bits per heavy atom. The molecule has 19 atom stereocenters. The van der Waals surface area contributed by atoms with Gasteiger partial charge in [0.05, 0.1) is 24.2 Å². The zero-order valence-electron chi connectivity index (χ0n) is 34.3. The fraction of sp³-hybridized carbons (Fsp3) is 0.905. The lowest BCUT2D eigenvalue weighted by molar-refractivity contribution is -0.336. The molecule has 0 spiro atoms. The molecular formula is C42H66O15. The number of fused-ring (bicyclic) bond motifs is 7. The van der Waals surface area contributed by atoms with E-state index in [1.807, 2.05) is 13.8 Å². The van der Waals surface area contributed by atoms with Crippen LogP contribution in [0, 0.1) is 50.2 Å². The van der Waals surface area contributed by atoms with Crippen LogP contribution in [0.5, 0.6) is 0 Å². The van der Waals surface area contributed by atoms with Crippen LogP contribution in [0.4, 0.5) is 0 Å². The zero-order valence-corrected chi connectivity index (χ0v) is 34.3. The topological polar surface area (TPSA) is 253 Å². The van der Waals surface area contributed by atoms with Crippen LogP contribution in [-0.4, -0.2) is 138 Å². The van der Waals surface area contributed by atoms with E-state index in [1.165, 1.54) is 5.57 Å². The molecule has 0 aromatic heterocycles. The van der Waals surface area contributed by atoms with Crippen LogP contribution in [0.3, 0.4) is 0 Å². The Hall–Kier alpha value is -1.76. The van der Waals surface area contributed by atoms with E-state index >= 15 is 0 Å². The molecule has 15 heteroatoms. The monoisotopic (exact) mass is 810 g/mol. The molecular weight excluding hydrogens is 744 g/mol. The van der Waals surface area contributed by atoms with Gasteiger partial charge >= 0.3 is 11.9 Å². The Morgan fingerprint density at radius 3 is 2.04 bits per heavy atom. The lowest BCUT2D eigenvalue weighted by atomic mass is 9.33. The maximum Gasteiger partial charge on any atom is 0.335 e. The van der Waals surface area contributed by atoms with Crippen molar-refractivity contribution in [2.45, 2.75) is 180 Å². The van der Waals surface area contributed by atoms with E-state index in [1.54, 1.807) is 0 Å². The van der Waals surface area contributed by atoms with E-state index in [-0.39, 0.29) is 39.4 Å². The summed E-state index contributed by atoms with van der Waals surface area (Å²) in [5.41, 5.74) is -1.37. The van der Waals surface area contributed by atoms with Gasteiger partial charge in [-0.15, -0.1) is 0 Å². The second-order valence-corrected chi connectivity index (χ2v) is 20.9. The molecule has 9 N–H and O–H groups in total. The molecule has 5 aliphatic carbocycles. The third-order valence-corrected chi connectivity index (χ3v) is 17.1. The lowest BCUT2D eigenvalue weighted by Crippen LogP contribution is -2.68. The van der Waals surface area contributed by atoms with Gasteiger partial charge in [-0.3, -0.25) is 4.79 Å². The van der Waals surface area contributed by atoms with Gasteiger partial charge in [-0.2, -0.15) is 0 Å². The van der Waals surface area contributed by atoms with Crippen LogP contribution in [0.1, 0.15) is 106 Å². The highest BCUT2D eigenvalue weighted by Gasteiger charge is 2.71. The van der Waals surface area contributed by atoms with Crippen LogP contribution in [-0.2, 0) is 28.5 Å². The summed E-state index contributed by atoms with van der Waals surface area (Å²) < 4.78 is 23.3. The number of rotatable bonds is 6. The Balaban J connectivity index is 1.17. The highest BCUT2D eigenvalue weighted by Crippen LogP contribution is 2.76.